The van der Waals surface area contributed by atoms with Crippen LogP contribution in [0, 0.1) is 0 Å². The van der Waals surface area contributed by atoms with Crippen molar-refractivity contribution in [3.63, 3.8) is 0 Å². The smallest absolute Gasteiger partial charge is 0.279 e. The van der Waals surface area contributed by atoms with Crippen LogP contribution in [0.15, 0.2) is 77.6 Å². The Hall–Kier alpha value is -4.13. The number of rotatable bonds is 5. The van der Waals surface area contributed by atoms with Crippen molar-refractivity contribution < 1.29 is 14.3 Å². The minimum Gasteiger partial charge on any atom is -0.497 e. The van der Waals surface area contributed by atoms with Crippen LogP contribution in [0.25, 0.3) is 16.5 Å². The zero-order valence-corrected chi connectivity index (χ0v) is 16.5. The maximum absolute atomic E-state index is 13.1. The largest absolute Gasteiger partial charge is 0.497 e. The maximum Gasteiger partial charge on any atom is 0.279 e. The summed E-state index contributed by atoms with van der Waals surface area (Å²) in [6.45, 7) is 0. The first-order valence-electron chi connectivity index (χ1n) is 9.23. The van der Waals surface area contributed by atoms with Crippen LogP contribution in [-0.4, -0.2) is 29.9 Å². The monoisotopic (exact) mass is 401 g/mol. The number of anilines is 1. The second-order valence-corrected chi connectivity index (χ2v) is 6.47. The highest BCUT2D eigenvalue weighted by Crippen LogP contribution is 2.23. The Morgan fingerprint density at radius 1 is 0.900 bits per heavy atom. The maximum atomic E-state index is 13.1. The van der Waals surface area contributed by atoms with Gasteiger partial charge in [0, 0.05) is 17.1 Å². The van der Waals surface area contributed by atoms with Crippen LogP contribution < -0.4 is 20.3 Å². The average molecular weight is 401 g/mol. The Bertz CT molecular complexity index is 1300. The number of ether oxygens (including phenoxy) is 2. The summed E-state index contributed by atoms with van der Waals surface area (Å²) >= 11 is 0. The molecule has 0 saturated carbocycles. The number of methoxy groups -OCH3 is 2. The van der Waals surface area contributed by atoms with Crippen LogP contribution in [0.3, 0.4) is 0 Å². The Morgan fingerprint density at radius 2 is 1.63 bits per heavy atom. The first-order chi connectivity index (χ1) is 14.6. The number of carbonyl (C=O) groups is 1. The fraction of sp³-hybridized carbons (Fsp3) is 0.0870. The summed E-state index contributed by atoms with van der Waals surface area (Å²) in [5, 5.41) is 8.07. The molecule has 0 aliphatic rings. The van der Waals surface area contributed by atoms with E-state index in [-0.39, 0.29) is 11.3 Å². The van der Waals surface area contributed by atoms with Gasteiger partial charge in [0.2, 0.25) is 0 Å². The molecule has 4 aromatic rings. The molecule has 150 valence electrons. The van der Waals surface area contributed by atoms with Crippen molar-refractivity contribution >= 4 is 22.4 Å². The van der Waals surface area contributed by atoms with Gasteiger partial charge in [-0.1, -0.05) is 36.4 Å². The molecule has 0 fully saturated rings. The second kappa shape index (κ2) is 8.08. The molecule has 0 aliphatic heterocycles. The zero-order chi connectivity index (χ0) is 21.1. The molecule has 0 aliphatic carbocycles. The van der Waals surface area contributed by atoms with E-state index in [4.69, 9.17) is 9.47 Å². The van der Waals surface area contributed by atoms with E-state index in [0.29, 0.717) is 33.6 Å². The van der Waals surface area contributed by atoms with E-state index in [1.165, 1.54) is 11.8 Å². The molecule has 0 unspecified atom stereocenters. The van der Waals surface area contributed by atoms with Gasteiger partial charge in [-0.2, -0.15) is 9.78 Å². The van der Waals surface area contributed by atoms with E-state index in [9.17, 15) is 9.59 Å². The molecule has 3 aromatic carbocycles. The summed E-state index contributed by atoms with van der Waals surface area (Å²) in [6, 6.07) is 20.9. The van der Waals surface area contributed by atoms with Gasteiger partial charge in [-0.15, -0.1) is 0 Å². The van der Waals surface area contributed by atoms with Gasteiger partial charge in [0.25, 0.3) is 11.5 Å². The molecule has 0 spiro atoms. The molecule has 7 heteroatoms. The topological polar surface area (TPSA) is 82.4 Å². The predicted octanol–water partition coefficient (Wildman–Crippen LogP) is 3.66. The number of hydrogen-bond acceptors (Lipinski definition) is 5. The molecule has 0 radical (unpaired) electrons. The van der Waals surface area contributed by atoms with E-state index in [1.54, 1.807) is 79.9 Å². The molecule has 0 saturated heterocycles. The van der Waals surface area contributed by atoms with Crippen molar-refractivity contribution in [3.05, 3.63) is 88.8 Å². The summed E-state index contributed by atoms with van der Waals surface area (Å²) in [4.78, 5) is 26.2. The third-order valence-electron chi connectivity index (χ3n) is 4.66. The van der Waals surface area contributed by atoms with Gasteiger partial charge in [0.15, 0.2) is 5.69 Å². The van der Waals surface area contributed by atoms with Crippen LogP contribution in [-0.2, 0) is 0 Å². The Kier molecular flexibility index (Phi) is 5.17. The zero-order valence-electron chi connectivity index (χ0n) is 16.5. The molecule has 0 bridgehead atoms. The lowest BCUT2D eigenvalue weighted by Gasteiger charge is -2.13. The molecular formula is C23H19N3O4. The number of nitrogens with zero attached hydrogens (tertiary/aromatic N) is 2. The Labute approximate surface area is 172 Å². The van der Waals surface area contributed by atoms with Crippen LogP contribution in [0.2, 0.25) is 0 Å². The first-order valence-corrected chi connectivity index (χ1v) is 9.23. The van der Waals surface area contributed by atoms with E-state index < -0.39 is 5.91 Å². The molecule has 1 amide bonds. The molecule has 1 aromatic heterocycles. The number of benzene rings is 3. The number of fused-ring (bicyclic) bond motifs is 1. The summed E-state index contributed by atoms with van der Waals surface area (Å²) < 4.78 is 11.8. The predicted molar refractivity (Wildman–Crippen MR) is 115 cm³/mol. The van der Waals surface area contributed by atoms with E-state index in [2.05, 4.69) is 10.4 Å². The van der Waals surface area contributed by atoms with E-state index in [0.717, 1.165) is 0 Å². The third kappa shape index (κ3) is 3.48. The van der Waals surface area contributed by atoms with Crippen molar-refractivity contribution in [2.75, 3.05) is 19.5 Å². The SMILES string of the molecule is COc1cccc(NC(=O)c2nn(-c3ccccc3OC)c(=O)c3ccccc23)c1. The normalized spacial score (nSPS) is 10.6. The van der Waals surface area contributed by atoms with Crippen molar-refractivity contribution in [1.29, 1.82) is 0 Å². The lowest BCUT2D eigenvalue weighted by Crippen LogP contribution is -2.26. The van der Waals surface area contributed by atoms with Gasteiger partial charge in [0.1, 0.15) is 17.2 Å². The number of hydrogen-bond donors (Lipinski definition) is 1. The average Bonchev–Trinajstić information content (AvgIpc) is 2.79. The molecule has 7 nitrogen and oxygen atoms in total. The van der Waals surface area contributed by atoms with Crippen molar-refractivity contribution in [3.8, 4) is 17.2 Å². The second-order valence-electron chi connectivity index (χ2n) is 6.47. The van der Waals surface area contributed by atoms with E-state index >= 15 is 0 Å². The lowest BCUT2D eigenvalue weighted by atomic mass is 10.1. The van der Waals surface area contributed by atoms with Crippen LogP contribution >= 0.6 is 0 Å². The number of aromatic nitrogens is 2. The highest BCUT2D eigenvalue weighted by Gasteiger charge is 2.19. The molecule has 0 atom stereocenters. The Morgan fingerprint density at radius 3 is 2.40 bits per heavy atom. The number of amides is 1. The number of para-hydroxylation sites is 2. The van der Waals surface area contributed by atoms with Crippen LogP contribution in [0.4, 0.5) is 5.69 Å². The quantitative estimate of drug-likeness (QED) is 0.552. The first kappa shape index (κ1) is 19.2. The van der Waals surface area contributed by atoms with Gasteiger partial charge in [-0.25, -0.2) is 0 Å². The lowest BCUT2D eigenvalue weighted by molar-refractivity contribution is 0.102. The van der Waals surface area contributed by atoms with Crippen molar-refractivity contribution in [2.24, 2.45) is 0 Å². The minimum absolute atomic E-state index is 0.124. The summed E-state index contributed by atoms with van der Waals surface area (Å²) in [7, 11) is 3.07. The van der Waals surface area contributed by atoms with Gasteiger partial charge in [-0.3, -0.25) is 9.59 Å². The highest BCUT2D eigenvalue weighted by atomic mass is 16.5. The third-order valence-corrected chi connectivity index (χ3v) is 4.66. The van der Waals surface area contributed by atoms with Crippen molar-refractivity contribution in [1.82, 2.24) is 9.78 Å². The summed E-state index contributed by atoms with van der Waals surface area (Å²) in [6.07, 6.45) is 0. The minimum atomic E-state index is -0.442. The Balaban J connectivity index is 1.88. The van der Waals surface area contributed by atoms with Gasteiger partial charge >= 0.3 is 0 Å². The number of carbonyl (C=O) groups excluding carboxylic acids is 1. The highest BCUT2D eigenvalue weighted by molar-refractivity contribution is 6.11. The molecule has 4 rings (SSSR count). The molecular weight excluding hydrogens is 382 g/mol. The molecule has 1 N–H and O–H groups in total. The summed E-state index contributed by atoms with van der Waals surface area (Å²) in [5.74, 6) is 0.647. The number of nitrogens with one attached hydrogen (secondary N) is 1. The van der Waals surface area contributed by atoms with E-state index in [1.807, 2.05) is 0 Å². The van der Waals surface area contributed by atoms with Crippen molar-refractivity contribution in [2.45, 2.75) is 0 Å². The fourth-order valence-corrected chi connectivity index (χ4v) is 3.22. The van der Waals surface area contributed by atoms with Gasteiger partial charge in [-0.05, 0) is 30.3 Å². The standard InChI is InChI=1S/C23H19N3O4/c1-29-16-9-7-8-15(14-16)24-22(27)21-17-10-3-4-11-18(17)23(28)26(25-21)19-12-5-6-13-20(19)30-2/h3-14H,1-2H3,(H,24,27). The summed E-state index contributed by atoms with van der Waals surface area (Å²) in [5.41, 5.74) is 0.790. The van der Waals surface area contributed by atoms with Gasteiger partial charge in [0.05, 0.1) is 19.6 Å². The van der Waals surface area contributed by atoms with Gasteiger partial charge < -0.3 is 14.8 Å². The van der Waals surface area contributed by atoms with Crippen LogP contribution in [0.1, 0.15) is 10.5 Å². The van der Waals surface area contributed by atoms with Crippen LogP contribution in [0.5, 0.6) is 11.5 Å². The fourth-order valence-electron chi connectivity index (χ4n) is 3.22. The molecule has 1 heterocycles. The molecule has 30 heavy (non-hydrogen) atoms.